The highest BCUT2D eigenvalue weighted by molar-refractivity contribution is 7.99. The number of benzene rings is 1. The third kappa shape index (κ3) is 4.58. The van der Waals surface area contributed by atoms with E-state index < -0.39 is 0 Å². The van der Waals surface area contributed by atoms with Crippen LogP contribution in [0.5, 0.6) is 5.75 Å². The first kappa shape index (κ1) is 18.3. The van der Waals surface area contributed by atoms with Gasteiger partial charge >= 0.3 is 0 Å². The summed E-state index contributed by atoms with van der Waals surface area (Å²) in [6.07, 6.45) is -0.262. The topological polar surface area (TPSA) is 94.8 Å². The summed E-state index contributed by atoms with van der Waals surface area (Å²) >= 11 is 2.64. The number of nitrogens with one attached hydrogen (secondary N) is 1. The maximum atomic E-state index is 12.0. The standard InChI is InChI=1S/C16H18N6O2S2/c1-10(24-12-7-5-4-6-8-12)14-19-21-16(22(14)3)25-9-13(23)17-15-20-18-11(2)26-15/h4-8,10H,9H2,1-3H3,(H,17,20,23). The number of nitrogens with zero attached hydrogens (tertiary/aromatic N) is 5. The lowest BCUT2D eigenvalue weighted by Crippen LogP contribution is -2.14. The molecule has 136 valence electrons. The summed E-state index contributed by atoms with van der Waals surface area (Å²) in [5.74, 6) is 1.50. The number of hydrogen-bond donors (Lipinski definition) is 1. The second-order valence-electron chi connectivity index (χ2n) is 5.44. The third-order valence-corrected chi connectivity index (χ3v) is 5.17. The number of aryl methyl sites for hydroxylation is 1. The Morgan fingerprint density at radius 3 is 2.73 bits per heavy atom. The van der Waals surface area contributed by atoms with Crippen molar-refractivity contribution in [1.29, 1.82) is 0 Å². The Morgan fingerprint density at radius 2 is 2.04 bits per heavy atom. The number of carbonyl (C=O) groups excluding carboxylic acids is 1. The highest BCUT2D eigenvalue weighted by atomic mass is 32.2. The minimum absolute atomic E-state index is 0.163. The molecule has 2 heterocycles. The van der Waals surface area contributed by atoms with Gasteiger partial charge in [-0.15, -0.1) is 20.4 Å². The molecule has 26 heavy (non-hydrogen) atoms. The number of thioether (sulfide) groups is 1. The van der Waals surface area contributed by atoms with Crippen LogP contribution >= 0.6 is 23.1 Å². The molecule has 3 rings (SSSR count). The van der Waals surface area contributed by atoms with Gasteiger partial charge in [-0.25, -0.2) is 0 Å². The maximum Gasteiger partial charge on any atom is 0.236 e. The fraction of sp³-hybridized carbons (Fsp3) is 0.312. The van der Waals surface area contributed by atoms with Gasteiger partial charge in [0, 0.05) is 7.05 Å². The molecule has 0 radical (unpaired) electrons. The van der Waals surface area contributed by atoms with Gasteiger partial charge in [0.2, 0.25) is 11.0 Å². The fourth-order valence-corrected chi connectivity index (χ4v) is 3.52. The first-order valence-corrected chi connectivity index (χ1v) is 9.67. The van der Waals surface area contributed by atoms with Gasteiger partial charge in [0.25, 0.3) is 0 Å². The van der Waals surface area contributed by atoms with Crippen molar-refractivity contribution in [3.05, 3.63) is 41.2 Å². The Bertz CT molecular complexity index is 880. The van der Waals surface area contributed by atoms with E-state index in [1.54, 1.807) is 0 Å². The van der Waals surface area contributed by atoms with Crippen molar-refractivity contribution in [3.8, 4) is 5.75 Å². The number of aromatic nitrogens is 5. The Hall–Kier alpha value is -2.46. The van der Waals surface area contributed by atoms with Gasteiger partial charge in [0.05, 0.1) is 5.75 Å². The molecule has 1 unspecified atom stereocenters. The number of rotatable bonds is 7. The summed E-state index contributed by atoms with van der Waals surface area (Å²) in [5.41, 5.74) is 0. The van der Waals surface area contributed by atoms with Crippen molar-refractivity contribution in [3.63, 3.8) is 0 Å². The fourth-order valence-electron chi connectivity index (χ4n) is 2.19. The van der Waals surface area contributed by atoms with E-state index >= 15 is 0 Å². The molecule has 0 saturated carbocycles. The van der Waals surface area contributed by atoms with E-state index in [1.165, 1.54) is 23.1 Å². The van der Waals surface area contributed by atoms with Gasteiger partial charge in [-0.3, -0.25) is 10.1 Å². The van der Waals surface area contributed by atoms with Crippen molar-refractivity contribution in [1.82, 2.24) is 25.0 Å². The number of ether oxygens (including phenoxy) is 1. The molecule has 2 aromatic heterocycles. The largest absolute Gasteiger partial charge is 0.483 e. The molecular formula is C16H18N6O2S2. The summed E-state index contributed by atoms with van der Waals surface area (Å²) in [7, 11) is 1.86. The van der Waals surface area contributed by atoms with Gasteiger partial charge in [0.15, 0.2) is 17.1 Å². The molecule has 1 N–H and O–H groups in total. The van der Waals surface area contributed by atoms with Crippen LogP contribution in [0.4, 0.5) is 5.13 Å². The average Bonchev–Trinajstić information content (AvgIpc) is 3.19. The molecule has 0 spiro atoms. The van der Waals surface area contributed by atoms with Crippen LogP contribution < -0.4 is 10.1 Å². The summed E-state index contributed by atoms with van der Waals surface area (Å²) in [6.45, 7) is 3.75. The van der Waals surface area contributed by atoms with Crippen LogP contribution in [-0.2, 0) is 11.8 Å². The first-order chi connectivity index (χ1) is 12.5. The van der Waals surface area contributed by atoms with Crippen molar-refractivity contribution >= 4 is 34.1 Å². The second kappa shape index (κ2) is 8.28. The summed E-state index contributed by atoms with van der Waals surface area (Å²) in [6, 6.07) is 9.54. The molecule has 0 aliphatic carbocycles. The normalized spacial score (nSPS) is 12.0. The van der Waals surface area contributed by atoms with Crippen LogP contribution in [0.1, 0.15) is 23.9 Å². The van der Waals surface area contributed by atoms with Gasteiger partial charge < -0.3 is 9.30 Å². The van der Waals surface area contributed by atoms with Crippen LogP contribution in [-0.4, -0.2) is 36.6 Å². The lowest BCUT2D eigenvalue weighted by Gasteiger charge is -2.14. The number of anilines is 1. The number of hydrogen-bond acceptors (Lipinski definition) is 8. The van der Waals surface area contributed by atoms with Crippen LogP contribution in [0.25, 0.3) is 0 Å². The Labute approximate surface area is 159 Å². The smallest absolute Gasteiger partial charge is 0.236 e. The summed E-state index contributed by atoms with van der Waals surface area (Å²) < 4.78 is 7.71. The van der Waals surface area contributed by atoms with E-state index in [0.717, 1.165) is 10.8 Å². The van der Waals surface area contributed by atoms with Crippen molar-refractivity contribution < 1.29 is 9.53 Å². The first-order valence-electron chi connectivity index (χ1n) is 7.86. The van der Waals surface area contributed by atoms with Gasteiger partial charge in [0.1, 0.15) is 10.8 Å². The summed E-state index contributed by atoms with van der Waals surface area (Å²) in [5, 5.41) is 20.7. The van der Waals surface area contributed by atoms with Gasteiger partial charge in [-0.1, -0.05) is 41.3 Å². The lowest BCUT2D eigenvalue weighted by molar-refractivity contribution is -0.113. The second-order valence-corrected chi connectivity index (χ2v) is 7.56. The highest BCUT2D eigenvalue weighted by Crippen LogP contribution is 2.23. The number of amides is 1. The Kier molecular flexibility index (Phi) is 5.84. The molecule has 1 aromatic carbocycles. The molecule has 1 atom stereocenters. The molecule has 0 bridgehead atoms. The van der Waals surface area contributed by atoms with Crippen molar-refractivity contribution in [2.24, 2.45) is 7.05 Å². The Balaban J connectivity index is 1.57. The van der Waals surface area contributed by atoms with E-state index in [0.29, 0.717) is 16.1 Å². The third-order valence-electron chi connectivity index (χ3n) is 3.39. The predicted molar refractivity (Wildman–Crippen MR) is 100 cm³/mol. The minimum atomic E-state index is -0.262. The maximum absolute atomic E-state index is 12.0. The quantitative estimate of drug-likeness (QED) is 0.620. The van der Waals surface area contributed by atoms with Crippen LogP contribution in [0.3, 0.4) is 0 Å². The average molecular weight is 390 g/mol. The highest BCUT2D eigenvalue weighted by Gasteiger charge is 2.18. The van der Waals surface area contributed by atoms with Crippen LogP contribution in [0.15, 0.2) is 35.5 Å². The van der Waals surface area contributed by atoms with E-state index in [1.807, 2.05) is 55.8 Å². The van der Waals surface area contributed by atoms with E-state index in [9.17, 15) is 4.79 Å². The minimum Gasteiger partial charge on any atom is -0.483 e. The van der Waals surface area contributed by atoms with E-state index in [4.69, 9.17) is 4.74 Å². The zero-order valence-electron chi connectivity index (χ0n) is 14.5. The molecule has 1 amide bonds. The predicted octanol–water partition coefficient (Wildman–Crippen LogP) is 2.85. The lowest BCUT2D eigenvalue weighted by atomic mass is 10.3. The molecular weight excluding hydrogens is 372 g/mol. The molecule has 0 aliphatic rings. The van der Waals surface area contributed by atoms with Crippen LogP contribution in [0.2, 0.25) is 0 Å². The van der Waals surface area contributed by atoms with E-state index in [2.05, 4.69) is 25.7 Å². The number of para-hydroxylation sites is 1. The molecule has 0 aliphatic heterocycles. The molecule has 8 nitrogen and oxygen atoms in total. The van der Waals surface area contributed by atoms with Crippen molar-refractivity contribution in [2.45, 2.75) is 25.1 Å². The SMILES string of the molecule is Cc1nnc(NC(=O)CSc2nnc(C(C)Oc3ccccc3)n2C)s1. The monoisotopic (exact) mass is 390 g/mol. The number of carbonyl (C=O) groups is 1. The summed E-state index contributed by atoms with van der Waals surface area (Å²) in [4.78, 5) is 12.0. The zero-order valence-corrected chi connectivity index (χ0v) is 16.2. The van der Waals surface area contributed by atoms with Gasteiger partial charge in [-0.05, 0) is 26.0 Å². The van der Waals surface area contributed by atoms with Gasteiger partial charge in [-0.2, -0.15) is 0 Å². The molecule has 0 saturated heterocycles. The van der Waals surface area contributed by atoms with Crippen molar-refractivity contribution in [2.75, 3.05) is 11.1 Å². The zero-order chi connectivity index (χ0) is 18.5. The molecule has 10 heteroatoms. The van der Waals surface area contributed by atoms with E-state index in [-0.39, 0.29) is 17.8 Å². The molecule has 3 aromatic rings. The Morgan fingerprint density at radius 1 is 1.27 bits per heavy atom. The van der Waals surface area contributed by atoms with Crippen LogP contribution in [0, 0.1) is 6.92 Å². The molecule has 0 fully saturated rings.